The van der Waals surface area contributed by atoms with Crippen LogP contribution >= 0.6 is 22.3 Å². The number of aromatic nitrogens is 1. The van der Waals surface area contributed by atoms with E-state index in [4.69, 9.17) is 22.3 Å². The summed E-state index contributed by atoms with van der Waals surface area (Å²) >= 11 is 5.47. The van der Waals surface area contributed by atoms with Gasteiger partial charge in [0.2, 0.25) is 5.88 Å². The van der Waals surface area contributed by atoms with Gasteiger partial charge in [-0.25, -0.2) is 8.42 Å². The molecule has 0 saturated carbocycles. The van der Waals surface area contributed by atoms with Gasteiger partial charge in [0.25, 0.3) is 9.05 Å². The first kappa shape index (κ1) is 14.3. The van der Waals surface area contributed by atoms with Crippen molar-refractivity contribution >= 4 is 31.3 Å². The van der Waals surface area contributed by atoms with Crippen LogP contribution in [-0.2, 0) is 9.05 Å². The molecule has 0 amide bonds. The van der Waals surface area contributed by atoms with E-state index in [0.717, 1.165) is 6.07 Å². The van der Waals surface area contributed by atoms with Crippen molar-refractivity contribution in [3.8, 4) is 5.88 Å². The van der Waals surface area contributed by atoms with Gasteiger partial charge in [0.15, 0.2) is 0 Å². The lowest BCUT2D eigenvalue weighted by Gasteiger charge is -2.11. The van der Waals surface area contributed by atoms with Crippen LogP contribution in [0.25, 0.3) is 0 Å². The summed E-state index contributed by atoms with van der Waals surface area (Å²) in [5, 5.41) is -0.312. The molecule has 0 aliphatic carbocycles. The van der Waals surface area contributed by atoms with Crippen LogP contribution in [0.15, 0.2) is 11.0 Å². The van der Waals surface area contributed by atoms with Gasteiger partial charge in [0.05, 0.1) is 0 Å². The highest BCUT2D eigenvalue weighted by Crippen LogP contribution is 2.32. The molecule has 17 heavy (non-hydrogen) atoms. The van der Waals surface area contributed by atoms with E-state index in [1.807, 2.05) is 0 Å². The molecule has 0 fully saturated rings. The summed E-state index contributed by atoms with van der Waals surface area (Å²) in [5.74, 6) is -1.21. The van der Waals surface area contributed by atoms with Crippen LogP contribution in [0.5, 0.6) is 5.88 Å². The third-order valence-electron chi connectivity index (χ3n) is 1.56. The number of rotatable bonds is 2. The molecular weight excluding hydrogens is 306 g/mol. The van der Waals surface area contributed by atoms with Crippen LogP contribution < -0.4 is 4.74 Å². The molecule has 0 aliphatic rings. The molecule has 1 heterocycles. The average Bonchev–Trinajstić information content (AvgIpc) is 2.06. The van der Waals surface area contributed by atoms with Crippen LogP contribution in [0, 0.1) is 6.92 Å². The number of ether oxygens (including phenoxy) is 1. The van der Waals surface area contributed by atoms with Crippen molar-refractivity contribution in [2.24, 2.45) is 0 Å². The van der Waals surface area contributed by atoms with Crippen LogP contribution in [0.4, 0.5) is 13.2 Å². The van der Waals surface area contributed by atoms with Gasteiger partial charge < -0.3 is 4.74 Å². The number of alkyl halides is 3. The summed E-state index contributed by atoms with van der Waals surface area (Å²) in [6.07, 6.45) is -5.10. The first-order valence-corrected chi connectivity index (χ1v) is 6.57. The third-order valence-corrected chi connectivity index (χ3v) is 3.26. The van der Waals surface area contributed by atoms with Crippen LogP contribution in [0.1, 0.15) is 5.56 Å². The number of halogens is 5. The fraction of sp³-hybridized carbons (Fsp3) is 0.286. The van der Waals surface area contributed by atoms with Crippen molar-refractivity contribution in [3.05, 3.63) is 16.8 Å². The van der Waals surface area contributed by atoms with E-state index >= 15 is 0 Å². The summed E-state index contributed by atoms with van der Waals surface area (Å²) in [7, 11) is 0.540. The summed E-state index contributed by atoms with van der Waals surface area (Å²) in [4.78, 5) is 2.29. The molecule has 1 rings (SSSR count). The fourth-order valence-corrected chi connectivity index (χ4v) is 1.98. The molecule has 1 aromatic heterocycles. The Bertz CT molecular complexity index is 544. The van der Waals surface area contributed by atoms with E-state index in [9.17, 15) is 21.6 Å². The Labute approximate surface area is 104 Å². The minimum Gasteiger partial charge on any atom is -0.386 e. The number of hydrogen-bond donors (Lipinski definition) is 0. The molecular formula is C7H4Cl2F3NO3S. The van der Waals surface area contributed by atoms with E-state index < -0.39 is 26.2 Å². The second-order valence-corrected chi connectivity index (χ2v) is 5.78. The highest BCUT2D eigenvalue weighted by atomic mass is 35.7. The second-order valence-electron chi connectivity index (χ2n) is 2.89. The maximum Gasteiger partial charge on any atom is 0.574 e. The third kappa shape index (κ3) is 3.90. The standard InChI is InChI=1S/C7H4Cl2F3NO3S/c1-3-2-4(17(9,14)15)6(13-5(3)8)16-7(10,11)12/h2H,1H3. The van der Waals surface area contributed by atoms with E-state index in [-0.39, 0.29) is 10.7 Å². The second kappa shape index (κ2) is 4.51. The number of hydrogen-bond acceptors (Lipinski definition) is 4. The molecule has 0 atom stereocenters. The molecule has 4 nitrogen and oxygen atoms in total. The Kier molecular flexibility index (Phi) is 3.80. The molecule has 0 unspecified atom stereocenters. The average molecular weight is 310 g/mol. The Morgan fingerprint density at radius 2 is 1.94 bits per heavy atom. The molecule has 0 saturated heterocycles. The zero-order valence-corrected chi connectivity index (χ0v) is 10.4. The molecule has 0 N–H and O–H groups in total. The first-order chi connectivity index (χ1) is 7.50. The molecule has 96 valence electrons. The van der Waals surface area contributed by atoms with Crippen LogP contribution in [-0.4, -0.2) is 19.8 Å². The SMILES string of the molecule is Cc1cc(S(=O)(=O)Cl)c(OC(F)(F)F)nc1Cl. The van der Waals surface area contributed by atoms with Crippen molar-refractivity contribution in [3.63, 3.8) is 0 Å². The smallest absolute Gasteiger partial charge is 0.386 e. The summed E-state index contributed by atoms with van der Waals surface area (Å²) in [6.45, 7) is 1.36. The Balaban J connectivity index is 3.42. The molecule has 0 bridgehead atoms. The van der Waals surface area contributed by atoms with Gasteiger partial charge in [-0.3, -0.25) is 0 Å². The summed E-state index contributed by atoms with van der Waals surface area (Å²) in [5.41, 5.74) is 0.153. The lowest BCUT2D eigenvalue weighted by molar-refractivity contribution is -0.277. The Morgan fingerprint density at radius 1 is 1.41 bits per heavy atom. The topological polar surface area (TPSA) is 56.3 Å². The molecule has 0 aromatic carbocycles. The van der Waals surface area contributed by atoms with E-state index in [1.165, 1.54) is 6.92 Å². The van der Waals surface area contributed by atoms with Gasteiger partial charge in [0, 0.05) is 10.7 Å². The number of pyridine rings is 1. The van der Waals surface area contributed by atoms with Gasteiger partial charge >= 0.3 is 6.36 Å². The van der Waals surface area contributed by atoms with Crippen LogP contribution in [0.3, 0.4) is 0 Å². The van der Waals surface area contributed by atoms with Crippen molar-refractivity contribution in [2.75, 3.05) is 0 Å². The number of nitrogens with zero attached hydrogens (tertiary/aromatic N) is 1. The summed E-state index contributed by atoms with van der Waals surface area (Å²) < 4.78 is 61.5. The van der Waals surface area contributed by atoms with Crippen molar-refractivity contribution in [1.29, 1.82) is 0 Å². The van der Waals surface area contributed by atoms with Crippen molar-refractivity contribution in [2.45, 2.75) is 18.2 Å². The lowest BCUT2D eigenvalue weighted by Crippen LogP contribution is -2.19. The largest absolute Gasteiger partial charge is 0.574 e. The van der Waals surface area contributed by atoms with E-state index in [1.54, 1.807) is 0 Å². The summed E-state index contributed by atoms with van der Waals surface area (Å²) in [6, 6.07) is 0.846. The fourth-order valence-electron chi connectivity index (χ4n) is 0.908. The molecule has 0 spiro atoms. The predicted octanol–water partition coefficient (Wildman–Crippen LogP) is 2.87. The molecule has 0 aliphatic heterocycles. The van der Waals surface area contributed by atoms with Gasteiger partial charge in [-0.15, -0.1) is 13.2 Å². The van der Waals surface area contributed by atoms with Gasteiger partial charge in [-0.1, -0.05) is 11.6 Å². The van der Waals surface area contributed by atoms with Gasteiger partial charge in [0.1, 0.15) is 10.0 Å². The molecule has 1 aromatic rings. The van der Waals surface area contributed by atoms with E-state index in [0.29, 0.717) is 0 Å². The lowest BCUT2D eigenvalue weighted by atomic mass is 10.3. The minimum atomic E-state index is -5.10. The monoisotopic (exact) mass is 309 g/mol. The van der Waals surface area contributed by atoms with Gasteiger partial charge in [-0.2, -0.15) is 4.98 Å². The Hall–Kier alpha value is -0.730. The Morgan fingerprint density at radius 3 is 2.35 bits per heavy atom. The highest BCUT2D eigenvalue weighted by molar-refractivity contribution is 8.13. The van der Waals surface area contributed by atoms with Crippen molar-refractivity contribution in [1.82, 2.24) is 4.98 Å². The zero-order chi connectivity index (χ0) is 13.4. The number of aryl methyl sites for hydroxylation is 1. The maximum absolute atomic E-state index is 12.0. The van der Waals surface area contributed by atoms with Crippen LogP contribution in [0.2, 0.25) is 5.15 Å². The van der Waals surface area contributed by atoms with Crippen molar-refractivity contribution < 1.29 is 26.3 Å². The highest BCUT2D eigenvalue weighted by Gasteiger charge is 2.35. The molecule has 10 heteroatoms. The molecule has 0 radical (unpaired) electrons. The zero-order valence-electron chi connectivity index (χ0n) is 8.05. The maximum atomic E-state index is 12.0. The first-order valence-electron chi connectivity index (χ1n) is 3.88. The normalized spacial score (nSPS) is 12.6. The van der Waals surface area contributed by atoms with Gasteiger partial charge in [-0.05, 0) is 18.6 Å². The minimum absolute atomic E-state index is 0.153. The quantitative estimate of drug-likeness (QED) is 0.622. The predicted molar refractivity (Wildman–Crippen MR) is 53.7 cm³/mol. The van der Waals surface area contributed by atoms with E-state index in [2.05, 4.69) is 9.72 Å².